The lowest BCUT2D eigenvalue weighted by Gasteiger charge is -2.41. The molecular formula is C25H26F8N4O2S. The normalized spacial score (nSPS) is 26.6. The Morgan fingerprint density at radius 1 is 1.05 bits per heavy atom. The molecule has 4 atom stereocenters. The topological polar surface area (TPSA) is 74.3 Å². The third-order valence-corrected chi connectivity index (χ3v) is 8.84. The van der Waals surface area contributed by atoms with Gasteiger partial charge in [0.1, 0.15) is 16.8 Å². The number of nitrogens with zero attached hydrogens (tertiary/aromatic N) is 2. The van der Waals surface area contributed by atoms with E-state index < -0.39 is 69.6 Å². The fraction of sp³-hybridized carbons (Fsp3) is 0.480. The molecule has 1 aromatic carbocycles. The monoisotopic (exact) mass is 598 g/mol. The van der Waals surface area contributed by atoms with Crippen LogP contribution in [0.1, 0.15) is 43.7 Å². The molecule has 2 aromatic rings. The number of carbonyl (C=O) groups is 2. The summed E-state index contributed by atoms with van der Waals surface area (Å²) in [6.45, 7) is 0.493. The van der Waals surface area contributed by atoms with Gasteiger partial charge in [0.2, 0.25) is 17.7 Å². The van der Waals surface area contributed by atoms with Crippen LogP contribution in [0.3, 0.4) is 0 Å². The first-order valence-electron chi connectivity index (χ1n) is 12.6. The van der Waals surface area contributed by atoms with E-state index in [4.69, 9.17) is 0 Å². The minimum absolute atomic E-state index is 0.0760. The van der Waals surface area contributed by atoms with Gasteiger partial charge in [0.05, 0.1) is 12.2 Å². The van der Waals surface area contributed by atoms with Gasteiger partial charge in [0.25, 0.3) is 0 Å². The van der Waals surface area contributed by atoms with E-state index in [1.54, 1.807) is 0 Å². The second-order valence-corrected chi connectivity index (χ2v) is 13.1. The summed E-state index contributed by atoms with van der Waals surface area (Å²) in [5.74, 6) is -5.32. The standard InChI is InChI=1S/C25H26F8N4O2S/c26-16-9-15(11-34-13-16)22(23(38)36-17-5-7-25(27,28)8-6-17)37(24(39)21-20-10-14(20)12-35-21)18-1-3-19(4-2-18)40(29,30,31,32)33/h1-4,9,11,13-14,17,20-22,35H,5-8,10,12H2,(H,36,38)/t14-,20-,21-,22?/m1/s1. The third-order valence-electron chi connectivity index (χ3n) is 7.68. The van der Waals surface area contributed by atoms with E-state index in [1.807, 2.05) is 0 Å². The van der Waals surface area contributed by atoms with Gasteiger partial charge in [-0.25, -0.2) is 13.2 Å². The molecule has 1 aromatic heterocycles. The lowest BCUT2D eigenvalue weighted by atomic mass is 9.91. The summed E-state index contributed by atoms with van der Waals surface area (Å²) in [5, 5.41) is 5.62. The highest BCUT2D eigenvalue weighted by atomic mass is 32.5. The van der Waals surface area contributed by atoms with Crippen LogP contribution < -0.4 is 15.5 Å². The Labute approximate surface area is 224 Å². The predicted molar refractivity (Wildman–Crippen MR) is 131 cm³/mol. The van der Waals surface area contributed by atoms with Crippen LogP contribution in [0.15, 0.2) is 47.6 Å². The second kappa shape index (κ2) is 9.03. The van der Waals surface area contributed by atoms with Crippen LogP contribution in [-0.2, 0) is 9.59 Å². The van der Waals surface area contributed by atoms with Crippen LogP contribution in [0, 0.1) is 17.7 Å². The largest absolute Gasteiger partial charge is 0.351 e. The number of rotatable bonds is 7. The molecule has 1 unspecified atom stereocenters. The summed E-state index contributed by atoms with van der Waals surface area (Å²) in [4.78, 5) is 29.9. The zero-order valence-corrected chi connectivity index (χ0v) is 21.6. The smallest absolute Gasteiger partial charge is 0.310 e. The molecule has 0 bridgehead atoms. The van der Waals surface area contributed by atoms with Crippen LogP contribution in [0.5, 0.6) is 0 Å². The molecule has 3 aliphatic rings. The molecule has 2 amide bonds. The van der Waals surface area contributed by atoms with Crippen molar-refractivity contribution in [1.29, 1.82) is 0 Å². The third kappa shape index (κ3) is 6.04. The van der Waals surface area contributed by atoms with Crippen molar-refractivity contribution in [2.24, 2.45) is 11.8 Å². The molecule has 40 heavy (non-hydrogen) atoms. The summed E-state index contributed by atoms with van der Waals surface area (Å²) >= 11 is 0. The van der Waals surface area contributed by atoms with E-state index in [1.165, 1.54) is 0 Å². The van der Waals surface area contributed by atoms with Gasteiger partial charge in [-0.2, -0.15) is 0 Å². The number of aromatic nitrogens is 1. The van der Waals surface area contributed by atoms with Crippen LogP contribution in [0.4, 0.5) is 38.3 Å². The van der Waals surface area contributed by atoms with E-state index in [-0.39, 0.29) is 48.1 Å². The van der Waals surface area contributed by atoms with Crippen molar-refractivity contribution in [3.8, 4) is 0 Å². The molecule has 2 saturated carbocycles. The molecule has 2 N–H and O–H groups in total. The molecule has 0 spiro atoms. The first-order valence-corrected chi connectivity index (χ1v) is 14.6. The Balaban J connectivity index is 1.55. The SMILES string of the molecule is O=C(NC1CCC(F)(F)CC1)C(c1cncc(F)c1)N(C(=O)[C@@H]1NC[C@H]2C[C@H]21)c1ccc(S(F)(F)(F)(F)F)cc1. The number of anilines is 1. The number of hydrogen-bond donors (Lipinski definition) is 2. The Hall–Kier alpha value is -2.94. The van der Waals surface area contributed by atoms with Crippen molar-refractivity contribution in [3.05, 3.63) is 54.1 Å². The number of pyridine rings is 1. The maximum atomic E-state index is 14.2. The number of fused-ring (bicyclic) bond motifs is 1. The molecule has 1 saturated heterocycles. The highest BCUT2D eigenvalue weighted by Gasteiger charge is 2.65. The molecular weight excluding hydrogens is 572 g/mol. The number of piperidine rings is 1. The molecule has 6 nitrogen and oxygen atoms in total. The molecule has 5 rings (SSSR count). The van der Waals surface area contributed by atoms with Crippen molar-refractivity contribution in [1.82, 2.24) is 15.6 Å². The van der Waals surface area contributed by atoms with E-state index >= 15 is 0 Å². The van der Waals surface area contributed by atoms with Crippen molar-refractivity contribution >= 4 is 27.7 Å². The van der Waals surface area contributed by atoms with Crippen LogP contribution in [0.25, 0.3) is 0 Å². The van der Waals surface area contributed by atoms with Crippen LogP contribution in [0.2, 0.25) is 0 Å². The van der Waals surface area contributed by atoms with Crippen molar-refractivity contribution in [2.45, 2.75) is 61.0 Å². The van der Waals surface area contributed by atoms with E-state index in [0.717, 1.165) is 23.4 Å². The highest BCUT2D eigenvalue weighted by molar-refractivity contribution is 8.45. The van der Waals surface area contributed by atoms with Gasteiger partial charge < -0.3 is 10.6 Å². The quantitative estimate of drug-likeness (QED) is 0.370. The highest BCUT2D eigenvalue weighted by Crippen LogP contribution is 3.02. The Kier molecular flexibility index (Phi) is 6.45. The predicted octanol–water partition coefficient (Wildman–Crippen LogP) is 6.25. The van der Waals surface area contributed by atoms with E-state index in [0.29, 0.717) is 25.1 Å². The molecule has 1 aliphatic heterocycles. The molecule has 220 valence electrons. The van der Waals surface area contributed by atoms with Gasteiger partial charge in [0.15, 0.2) is 0 Å². The van der Waals surface area contributed by atoms with Gasteiger partial charge in [-0.15, -0.1) is 0 Å². The Bertz CT molecular complexity index is 1320. The molecule has 0 radical (unpaired) electrons. The van der Waals surface area contributed by atoms with Crippen molar-refractivity contribution < 1.29 is 42.2 Å². The van der Waals surface area contributed by atoms with Gasteiger partial charge >= 0.3 is 10.2 Å². The van der Waals surface area contributed by atoms with Gasteiger partial charge in [0, 0.05) is 36.3 Å². The maximum Gasteiger partial charge on any atom is 0.310 e. The zero-order valence-electron chi connectivity index (χ0n) is 20.8. The summed E-state index contributed by atoms with van der Waals surface area (Å²) in [6.07, 6.45) is 1.50. The molecule has 15 heteroatoms. The lowest BCUT2D eigenvalue weighted by molar-refractivity contribution is -0.128. The lowest BCUT2D eigenvalue weighted by Crippen LogP contribution is -2.52. The Morgan fingerprint density at radius 2 is 1.70 bits per heavy atom. The fourth-order valence-corrected chi connectivity index (χ4v) is 6.14. The Morgan fingerprint density at radius 3 is 2.23 bits per heavy atom. The minimum atomic E-state index is -10.0. The van der Waals surface area contributed by atoms with Crippen molar-refractivity contribution in [2.75, 3.05) is 11.4 Å². The van der Waals surface area contributed by atoms with Crippen LogP contribution >= 0.6 is 10.2 Å². The number of alkyl halides is 2. The first kappa shape index (κ1) is 28.6. The first-order chi connectivity index (χ1) is 18.4. The number of hydrogen-bond acceptors (Lipinski definition) is 4. The van der Waals surface area contributed by atoms with Gasteiger partial charge in [-0.3, -0.25) is 19.5 Å². The molecule has 3 fully saturated rings. The maximum absolute atomic E-state index is 14.2. The average molecular weight is 599 g/mol. The minimum Gasteiger partial charge on any atom is -0.351 e. The number of benzene rings is 1. The van der Waals surface area contributed by atoms with Gasteiger partial charge in [-0.1, -0.05) is 19.4 Å². The summed E-state index contributed by atoms with van der Waals surface area (Å²) in [5.41, 5.74) is -0.463. The van der Waals surface area contributed by atoms with E-state index in [9.17, 15) is 42.2 Å². The molecule has 2 aliphatic carbocycles. The summed E-state index contributed by atoms with van der Waals surface area (Å²) in [7, 11) is -10.0. The number of carbonyl (C=O) groups excluding carboxylic acids is 2. The molecule has 2 heterocycles. The van der Waals surface area contributed by atoms with E-state index in [2.05, 4.69) is 15.6 Å². The number of nitrogens with one attached hydrogen (secondary N) is 2. The summed E-state index contributed by atoms with van der Waals surface area (Å²) in [6, 6.07) is -0.757. The van der Waals surface area contributed by atoms with Gasteiger partial charge in [-0.05, 0) is 68.0 Å². The second-order valence-electron chi connectivity index (χ2n) is 10.7. The van der Waals surface area contributed by atoms with Crippen molar-refractivity contribution in [3.63, 3.8) is 0 Å². The zero-order chi connectivity index (χ0) is 29.2. The number of amides is 2. The number of halogens is 8. The average Bonchev–Trinajstić information content (AvgIpc) is 3.51. The fourth-order valence-electron chi connectivity index (χ4n) is 5.49. The van der Waals surface area contributed by atoms with Crippen LogP contribution in [-0.4, -0.2) is 41.3 Å². The summed E-state index contributed by atoms with van der Waals surface area (Å²) < 4.78 is 109.